The topological polar surface area (TPSA) is 17.1 Å². The summed E-state index contributed by atoms with van der Waals surface area (Å²) in [5.41, 5.74) is -4.52. The zero-order chi connectivity index (χ0) is 24.6. The van der Waals surface area contributed by atoms with Crippen molar-refractivity contribution in [1.82, 2.24) is 0 Å². The van der Waals surface area contributed by atoms with Crippen molar-refractivity contribution in [3.8, 4) is 0 Å². The van der Waals surface area contributed by atoms with Crippen LogP contribution in [-0.2, 0) is 4.79 Å². The molecule has 0 saturated heterocycles. The van der Waals surface area contributed by atoms with E-state index in [9.17, 15) is 31.1 Å². The van der Waals surface area contributed by atoms with E-state index in [1.54, 1.807) is 60.7 Å². The van der Waals surface area contributed by atoms with Gasteiger partial charge in [0.05, 0.1) is 0 Å². The molecule has 0 bridgehead atoms. The van der Waals surface area contributed by atoms with Gasteiger partial charge in [-0.3, -0.25) is 4.79 Å². The molecular formula is C27H20F6O. The highest BCUT2D eigenvalue weighted by Gasteiger charge is 2.69. The van der Waals surface area contributed by atoms with Crippen LogP contribution in [0, 0.1) is 10.8 Å². The highest BCUT2D eigenvalue weighted by molar-refractivity contribution is 5.98. The van der Waals surface area contributed by atoms with Crippen LogP contribution in [0.2, 0.25) is 0 Å². The maximum Gasteiger partial charge on any atom is 0.405 e. The van der Waals surface area contributed by atoms with Crippen LogP contribution in [0.25, 0.3) is 11.1 Å². The number of benzene rings is 2. The van der Waals surface area contributed by atoms with Gasteiger partial charge in [0.2, 0.25) is 0 Å². The molecule has 2 aliphatic carbocycles. The predicted molar refractivity (Wildman–Crippen MR) is 118 cm³/mol. The third-order valence-electron chi connectivity index (χ3n) is 6.42. The Kier molecular flexibility index (Phi) is 5.92. The van der Waals surface area contributed by atoms with Crippen molar-refractivity contribution >= 4 is 16.9 Å². The van der Waals surface area contributed by atoms with Gasteiger partial charge in [-0.05, 0) is 35.1 Å². The summed E-state index contributed by atoms with van der Waals surface area (Å²) < 4.78 is 85.9. The molecule has 0 saturated carbocycles. The Hall–Kier alpha value is -3.35. The number of halogens is 6. The molecule has 0 amide bonds. The lowest BCUT2D eigenvalue weighted by Crippen LogP contribution is -2.56. The molecule has 0 N–H and O–H groups in total. The smallest absolute Gasteiger partial charge is 0.297 e. The molecule has 7 heteroatoms. The molecule has 2 aromatic rings. The molecule has 34 heavy (non-hydrogen) atoms. The Morgan fingerprint density at radius 2 is 0.971 bits per heavy atom. The first kappa shape index (κ1) is 23.8. The molecule has 2 unspecified atom stereocenters. The number of ketones is 1. The van der Waals surface area contributed by atoms with E-state index in [0.29, 0.717) is 34.4 Å². The molecule has 0 radical (unpaired) electrons. The molecule has 0 aliphatic heterocycles. The Labute approximate surface area is 192 Å². The molecule has 0 aromatic heterocycles. The Morgan fingerprint density at radius 1 is 0.618 bits per heavy atom. The average Bonchev–Trinajstić information content (AvgIpc) is 2.83. The van der Waals surface area contributed by atoms with E-state index in [1.807, 2.05) is 0 Å². The van der Waals surface area contributed by atoms with Gasteiger partial charge in [-0.1, -0.05) is 97.1 Å². The first-order chi connectivity index (χ1) is 16.0. The first-order valence-electron chi connectivity index (χ1n) is 10.6. The molecule has 2 aromatic carbocycles. The van der Waals surface area contributed by atoms with Crippen molar-refractivity contribution in [3.05, 3.63) is 108 Å². The van der Waals surface area contributed by atoms with Crippen LogP contribution in [0.4, 0.5) is 26.3 Å². The number of carbonyl (C=O) groups excluding carboxylic acids is 1. The van der Waals surface area contributed by atoms with Crippen LogP contribution in [0.3, 0.4) is 0 Å². The predicted octanol–water partition coefficient (Wildman–Crippen LogP) is 7.74. The molecule has 0 heterocycles. The minimum absolute atomic E-state index is 0.416. The van der Waals surface area contributed by atoms with E-state index < -0.39 is 41.8 Å². The molecule has 2 atom stereocenters. The number of alkyl halides is 6. The van der Waals surface area contributed by atoms with Crippen LogP contribution in [0.15, 0.2) is 97.1 Å². The van der Waals surface area contributed by atoms with Gasteiger partial charge in [0.15, 0.2) is 5.78 Å². The number of hydrogen-bond donors (Lipinski definition) is 0. The van der Waals surface area contributed by atoms with Crippen molar-refractivity contribution in [2.45, 2.75) is 25.2 Å². The van der Waals surface area contributed by atoms with Crippen LogP contribution < -0.4 is 0 Å². The maximum absolute atomic E-state index is 14.3. The standard InChI is InChI=1S/C27H20F6O/c28-26(29,30)24(15-11-21(12-16-24)19-7-3-1-4-8-19)23(34)25(27(31,32)33)17-13-22(14-18-25)20-9-5-2-6-10-20/h1-15,17H,16,18H2. The Bertz CT molecular complexity index is 1090. The normalized spacial score (nSPS) is 25.0. The number of Topliss-reactive ketones (excluding diaryl/α,β-unsaturated/α-hetero) is 1. The number of hydrogen-bond acceptors (Lipinski definition) is 1. The van der Waals surface area contributed by atoms with Crippen molar-refractivity contribution < 1.29 is 31.1 Å². The van der Waals surface area contributed by atoms with E-state index in [4.69, 9.17) is 0 Å². The molecule has 4 rings (SSSR count). The minimum Gasteiger partial charge on any atom is -0.297 e. The van der Waals surface area contributed by atoms with Crippen LogP contribution in [0.1, 0.15) is 24.0 Å². The van der Waals surface area contributed by atoms with Gasteiger partial charge in [0.25, 0.3) is 0 Å². The van der Waals surface area contributed by atoms with Gasteiger partial charge in [-0.2, -0.15) is 26.3 Å². The molecular weight excluding hydrogens is 454 g/mol. The first-order valence-corrected chi connectivity index (χ1v) is 10.6. The quantitative estimate of drug-likeness (QED) is 0.414. The highest BCUT2D eigenvalue weighted by Crippen LogP contribution is 2.56. The molecule has 1 nitrogen and oxygen atoms in total. The lowest BCUT2D eigenvalue weighted by atomic mass is 9.62. The van der Waals surface area contributed by atoms with Gasteiger partial charge in [-0.25, -0.2) is 0 Å². The van der Waals surface area contributed by atoms with Crippen LogP contribution in [-0.4, -0.2) is 18.1 Å². The monoisotopic (exact) mass is 474 g/mol. The van der Waals surface area contributed by atoms with Gasteiger partial charge >= 0.3 is 12.4 Å². The number of carbonyl (C=O) groups is 1. The molecule has 2 aliphatic rings. The zero-order valence-electron chi connectivity index (χ0n) is 17.8. The average molecular weight is 474 g/mol. The minimum atomic E-state index is -5.21. The van der Waals surface area contributed by atoms with Crippen molar-refractivity contribution in [2.24, 2.45) is 10.8 Å². The fourth-order valence-electron chi connectivity index (χ4n) is 4.38. The summed E-state index contributed by atoms with van der Waals surface area (Å²) in [6, 6.07) is 17.0. The Balaban J connectivity index is 1.74. The molecule has 176 valence electrons. The number of rotatable bonds is 4. The Morgan fingerprint density at radius 3 is 1.24 bits per heavy atom. The summed E-state index contributed by atoms with van der Waals surface area (Å²) in [4.78, 5) is 13.4. The summed E-state index contributed by atoms with van der Waals surface area (Å²) in [6.07, 6.45) is -6.51. The second-order valence-corrected chi connectivity index (χ2v) is 8.39. The fraction of sp³-hybridized carbons (Fsp3) is 0.222. The van der Waals surface area contributed by atoms with E-state index in [2.05, 4.69) is 0 Å². The van der Waals surface area contributed by atoms with Gasteiger partial charge < -0.3 is 0 Å². The highest BCUT2D eigenvalue weighted by atomic mass is 19.4. The number of allylic oxidation sites excluding steroid dienone is 8. The lowest BCUT2D eigenvalue weighted by Gasteiger charge is -2.42. The van der Waals surface area contributed by atoms with Crippen LogP contribution in [0.5, 0.6) is 0 Å². The lowest BCUT2D eigenvalue weighted by molar-refractivity contribution is -0.235. The van der Waals surface area contributed by atoms with E-state index >= 15 is 0 Å². The van der Waals surface area contributed by atoms with Crippen molar-refractivity contribution in [2.75, 3.05) is 0 Å². The third kappa shape index (κ3) is 3.93. The SMILES string of the molecule is O=C(C1(C(F)(F)F)C=CC(c2ccccc2)=CC1)C1(C(F)(F)F)C=CC(c2ccccc2)=CC1. The largest absolute Gasteiger partial charge is 0.405 e. The molecule has 0 spiro atoms. The summed E-state index contributed by atoms with van der Waals surface area (Å²) >= 11 is 0. The third-order valence-corrected chi connectivity index (χ3v) is 6.42. The van der Waals surface area contributed by atoms with Gasteiger partial charge in [0, 0.05) is 0 Å². The van der Waals surface area contributed by atoms with Crippen LogP contribution >= 0.6 is 0 Å². The maximum atomic E-state index is 14.3. The summed E-state index contributed by atoms with van der Waals surface area (Å²) in [5.74, 6) is -1.92. The van der Waals surface area contributed by atoms with E-state index in [-0.39, 0.29) is 0 Å². The van der Waals surface area contributed by atoms with E-state index in [0.717, 1.165) is 12.2 Å². The second-order valence-electron chi connectivity index (χ2n) is 8.39. The van der Waals surface area contributed by atoms with Gasteiger partial charge in [0.1, 0.15) is 10.8 Å². The summed E-state index contributed by atoms with van der Waals surface area (Å²) in [6.45, 7) is 0. The van der Waals surface area contributed by atoms with Crippen molar-refractivity contribution in [1.29, 1.82) is 0 Å². The second kappa shape index (κ2) is 8.46. The summed E-state index contributed by atoms with van der Waals surface area (Å²) in [5, 5.41) is 0. The zero-order valence-corrected chi connectivity index (χ0v) is 17.8. The van der Waals surface area contributed by atoms with Gasteiger partial charge in [-0.15, -0.1) is 0 Å². The summed E-state index contributed by atoms with van der Waals surface area (Å²) in [7, 11) is 0. The van der Waals surface area contributed by atoms with Crippen molar-refractivity contribution in [3.63, 3.8) is 0 Å². The fourth-order valence-corrected chi connectivity index (χ4v) is 4.38. The molecule has 0 fully saturated rings. The van der Waals surface area contributed by atoms with E-state index in [1.165, 1.54) is 12.2 Å².